The third-order valence-corrected chi connectivity index (χ3v) is 6.35. The van der Waals surface area contributed by atoms with Gasteiger partial charge in [0, 0.05) is 55.4 Å². The molecular weight excluding hydrogens is 427 g/mol. The minimum Gasteiger partial charge on any atom is -0.443 e. The molecule has 0 unspecified atom stereocenters. The first-order chi connectivity index (χ1) is 16.0. The molecule has 0 bridgehead atoms. The number of anilines is 1. The van der Waals surface area contributed by atoms with Gasteiger partial charge in [-0.05, 0) is 37.5 Å². The first-order valence-electron chi connectivity index (χ1n) is 11.2. The van der Waals surface area contributed by atoms with Gasteiger partial charge in [0.1, 0.15) is 12.4 Å². The molecule has 0 atom stereocenters. The molecule has 2 saturated heterocycles. The fourth-order valence-corrected chi connectivity index (χ4v) is 4.57. The van der Waals surface area contributed by atoms with Gasteiger partial charge in [-0.1, -0.05) is 18.2 Å². The zero-order valence-electron chi connectivity index (χ0n) is 18.5. The number of nitrogens with zero attached hydrogens (tertiary/aromatic N) is 4. The van der Waals surface area contributed by atoms with Crippen molar-refractivity contribution in [1.82, 2.24) is 9.97 Å². The van der Waals surface area contributed by atoms with E-state index in [2.05, 4.69) is 19.9 Å². The van der Waals surface area contributed by atoms with Gasteiger partial charge >= 0.3 is 6.09 Å². The van der Waals surface area contributed by atoms with Crippen LogP contribution in [0.3, 0.4) is 0 Å². The molecular formula is C23H29FN6O3. The van der Waals surface area contributed by atoms with Crippen molar-refractivity contribution in [2.45, 2.75) is 32.3 Å². The number of carbonyl (C=O) groups is 1. The predicted molar refractivity (Wildman–Crippen MR) is 122 cm³/mol. The molecule has 1 aromatic heterocycles. The van der Waals surface area contributed by atoms with Crippen LogP contribution in [0.15, 0.2) is 35.6 Å². The number of carbonyl (C=O) groups excluding carboxylic acids is 1. The molecule has 2 fully saturated rings. The van der Waals surface area contributed by atoms with E-state index < -0.39 is 17.9 Å². The Kier molecular flexibility index (Phi) is 7.33. The molecule has 2 aromatic rings. The summed E-state index contributed by atoms with van der Waals surface area (Å²) < 4.78 is 25.4. The summed E-state index contributed by atoms with van der Waals surface area (Å²) in [5, 5.41) is 0. The van der Waals surface area contributed by atoms with Crippen LogP contribution >= 0.6 is 0 Å². The SMILES string of the molecule is NC(N)=NC(=O)OCc1cccc(-c2cnc(N3CCC(C4CCOCC4)CC3)nc2)c1F. The largest absolute Gasteiger partial charge is 0.443 e. The fraction of sp³-hybridized carbons (Fsp3) is 0.478. The highest BCUT2D eigenvalue weighted by Gasteiger charge is 2.28. The Morgan fingerprint density at radius 1 is 1.12 bits per heavy atom. The highest BCUT2D eigenvalue weighted by molar-refractivity contribution is 5.87. The first kappa shape index (κ1) is 22.9. The molecule has 2 aliphatic rings. The quantitative estimate of drug-likeness (QED) is 0.519. The number of amides is 1. The Labute approximate surface area is 192 Å². The van der Waals surface area contributed by atoms with E-state index in [4.69, 9.17) is 20.9 Å². The van der Waals surface area contributed by atoms with Gasteiger partial charge in [0.05, 0.1) is 0 Å². The van der Waals surface area contributed by atoms with Crippen molar-refractivity contribution >= 4 is 18.0 Å². The molecule has 0 aliphatic carbocycles. The van der Waals surface area contributed by atoms with Crippen LogP contribution in [0.4, 0.5) is 15.1 Å². The molecule has 9 nitrogen and oxygen atoms in total. The second-order valence-corrected chi connectivity index (χ2v) is 8.42. The van der Waals surface area contributed by atoms with Gasteiger partial charge in [-0.3, -0.25) is 0 Å². The number of piperidine rings is 1. The summed E-state index contributed by atoms with van der Waals surface area (Å²) >= 11 is 0. The van der Waals surface area contributed by atoms with Crippen LogP contribution in [0.5, 0.6) is 0 Å². The number of guanidine groups is 1. The molecule has 1 aromatic carbocycles. The minimum absolute atomic E-state index is 0.200. The Morgan fingerprint density at radius 2 is 1.79 bits per heavy atom. The van der Waals surface area contributed by atoms with Crippen LogP contribution in [0.1, 0.15) is 31.2 Å². The topological polar surface area (TPSA) is 129 Å². The van der Waals surface area contributed by atoms with Crippen LogP contribution in [0.2, 0.25) is 0 Å². The monoisotopic (exact) mass is 456 g/mol. The predicted octanol–water partition coefficient (Wildman–Crippen LogP) is 2.84. The van der Waals surface area contributed by atoms with Crippen molar-refractivity contribution < 1.29 is 18.7 Å². The Bertz CT molecular complexity index is 982. The molecule has 0 radical (unpaired) electrons. The van der Waals surface area contributed by atoms with Crippen molar-refractivity contribution in [3.8, 4) is 11.1 Å². The number of aliphatic imine (C=N–C) groups is 1. The van der Waals surface area contributed by atoms with E-state index in [0.717, 1.165) is 63.8 Å². The number of halogens is 1. The van der Waals surface area contributed by atoms with Crippen LogP contribution < -0.4 is 16.4 Å². The van der Waals surface area contributed by atoms with Crippen molar-refractivity contribution in [3.63, 3.8) is 0 Å². The highest BCUT2D eigenvalue weighted by Crippen LogP contribution is 2.33. The lowest BCUT2D eigenvalue weighted by Crippen LogP contribution is -2.38. The Hall–Kier alpha value is -3.27. The minimum atomic E-state index is -0.979. The molecule has 4 N–H and O–H groups in total. The normalized spacial score (nSPS) is 17.5. The highest BCUT2D eigenvalue weighted by atomic mass is 19.1. The average molecular weight is 457 g/mol. The van der Waals surface area contributed by atoms with Gasteiger partial charge in [-0.15, -0.1) is 4.99 Å². The molecule has 0 saturated carbocycles. The first-order valence-corrected chi connectivity index (χ1v) is 11.2. The fourth-order valence-electron chi connectivity index (χ4n) is 4.57. The summed E-state index contributed by atoms with van der Waals surface area (Å²) in [5.74, 6) is 1.23. The smallest absolute Gasteiger partial charge is 0.437 e. The summed E-state index contributed by atoms with van der Waals surface area (Å²) in [4.78, 5) is 25.9. The number of nitrogens with two attached hydrogens (primary N) is 2. The number of ether oxygens (including phenoxy) is 2. The maximum absolute atomic E-state index is 15.0. The molecule has 1 amide bonds. The summed E-state index contributed by atoms with van der Waals surface area (Å²) in [7, 11) is 0. The number of hydrogen-bond donors (Lipinski definition) is 2. The van der Waals surface area contributed by atoms with Gasteiger partial charge in [0.2, 0.25) is 5.95 Å². The lowest BCUT2D eigenvalue weighted by molar-refractivity contribution is 0.0418. The van der Waals surface area contributed by atoms with E-state index in [1.807, 2.05) is 0 Å². The maximum Gasteiger partial charge on any atom is 0.437 e. The standard InChI is InChI=1S/C23H29FN6O3/c24-20-17(14-33-23(31)29-21(25)26)2-1-3-19(20)18-12-27-22(28-13-18)30-8-4-15(5-9-30)16-6-10-32-11-7-16/h1-3,12-13,15-16H,4-11,14H2,(H4,25,26,29,31). The van der Waals surface area contributed by atoms with Gasteiger partial charge in [-0.2, -0.15) is 0 Å². The van der Waals surface area contributed by atoms with E-state index in [1.54, 1.807) is 24.5 Å². The summed E-state index contributed by atoms with van der Waals surface area (Å²) in [6, 6.07) is 4.84. The molecule has 2 aliphatic heterocycles. The van der Waals surface area contributed by atoms with Crippen molar-refractivity contribution in [3.05, 3.63) is 42.0 Å². The molecule has 4 rings (SSSR count). The van der Waals surface area contributed by atoms with E-state index in [0.29, 0.717) is 17.1 Å². The average Bonchev–Trinajstić information content (AvgIpc) is 2.84. The van der Waals surface area contributed by atoms with Crippen LogP contribution in [0, 0.1) is 17.7 Å². The van der Waals surface area contributed by atoms with Crippen LogP contribution in [-0.4, -0.2) is 48.3 Å². The Morgan fingerprint density at radius 3 is 2.45 bits per heavy atom. The third kappa shape index (κ3) is 5.75. The van der Waals surface area contributed by atoms with E-state index in [-0.39, 0.29) is 12.2 Å². The molecule has 10 heteroatoms. The number of benzene rings is 1. The molecule has 176 valence electrons. The summed E-state index contributed by atoms with van der Waals surface area (Å²) in [5.41, 5.74) is 11.3. The number of aromatic nitrogens is 2. The number of rotatable bonds is 5. The lowest BCUT2D eigenvalue weighted by Gasteiger charge is -2.37. The number of hydrogen-bond acceptors (Lipinski definition) is 6. The van der Waals surface area contributed by atoms with E-state index >= 15 is 0 Å². The van der Waals surface area contributed by atoms with Gasteiger partial charge in [0.25, 0.3) is 0 Å². The van der Waals surface area contributed by atoms with Crippen molar-refractivity contribution in [2.24, 2.45) is 28.3 Å². The molecule has 0 spiro atoms. The Balaban J connectivity index is 1.38. The van der Waals surface area contributed by atoms with Gasteiger partial charge < -0.3 is 25.8 Å². The van der Waals surface area contributed by atoms with Crippen molar-refractivity contribution in [2.75, 3.05) is 31.2 Å². The summed E-state index contributed by atoms with van der Waals surface area (Å²) in [6.45, 7) is 3.31. The molecule has 33 heavy (non-hydrogen) atoms. The summed E-state index contributed by atoms with van der Waals surface area (Å²) in [6.07, 6.45) is 6.85. The van der Waals surface area contributed by atoms with Crippen LogP contribution in [-0.2, 0) is 16.1 Å². The van der Waals surface area contributed by atoms with Crippen LogP contribution in [0.25, 0.3) is 11.1 Å². The van der Waals surface area contributed by atoms with E-state index in [9.17, 15) is 9.18 Å². The molecule has 3 heterocycles. The zero-order valence-corrected chi connectivity index (χ0v) is 18.5. The van der Waals surface area contributed by atoms with Gasteiger partial charge in [0.15, 0.2) is 5.96 Å². The zero-order chi connectivity index (χ0) is 23.2. The van der Waals surface area contributed by atoms with Gasteiger partial charge in [-0.25, -0.2) is 19.2 Å². The van der Waals surface area contributed by atoms with Crippen molar-refractivity contribution in [1.29, 1.82) is 0 Å². The lowest BCUT2D eigenvalue weighted by atomic mass is 9.80. The second-order valence-electron chi connectivity index (χ2n) is 8.42. The second kappa shape index (κ2) is 10.6. The maximum atomic E-state index is 15.0. The van der Waals surface area contributed by atoms with E-state index in [1.165, 1.54) is 6.07 Å². The third-order valence-electron chi connectivity index (χ3n) is 6.35.